The van der Waals surface area contributed by atoms with Gasteiger partial charge in [0.15, 0.2) is 0 Å². The molecule has 6 nitrogen and oxygen atoms in total. The Morgan fingerprint density at radius 2 is 1.63 bits per heavy atom. The first-order valence-corrected chi connectivity index (χ1v) is 11.9. The molecule has 4 aromatic heterocycles. The molecule has 2 aromatic carbocycles. The standard InChI is InChI=1S/C27H22N6S.ClH/c1-28-17-19-4-8-23(9-5-19)33-18-24(27-30-14-16-34-27)31-26(33)21-6-10-22(11-7-21)32-15-12-20-3-2-13-29-25(20)32;/h2-16,18,28H,17H2,1H3;1H. The molecule has 0 unspecified atom stereocenters. The van der Waals surface area contributed by atoms with Gasteiger partial charge in [0.25, 0.3) is 0 Å². The predicted molar refractivity (Wildman–Crippen MR) is 145 cm³/mol. The molecule has 0 aliphatic heterocycles. The molecule has 0 bridgehead atoms. The van der Waals surface area contributed by atoms with E-state index in [0.29, 0.717) is 0 Å². The Morgan fingerprint density at radius 3 is 2.37 bits per heavy atom. The van der Waals surface area contributed by atoms with Crippen molar-refractivity contribution in [2.45, 2.75) is 6.54 Å². The van der Waals surface area contributed by atoms with Gasteiger partial charge in [0, 0.05) is 59.0 Å². The summed E-state index contributed by atoms with van der Waals surface area (Å²) in [5, 5.41) is 7.21. The number of nitrogens with one attached hydrogen (secondary N) is 1. The van der Waals surface area contributed by atoms with Gasteiger partial charge in [-0.3, -0.25) is 4.57 Å². The van der Waals surface area contributed by atoms with Crippen LogP contribution in [0.5, 0.6) is 0 Å². The summed E-state index contributed by atoms with van der Waals surface area (Å²) < 4.78 is 4.24. The topological polar surface area (TPSA) is 60.6 Å². The molecule has 0 fully saturated rings. The number of halogens is 1. The first kappa shape index (κ1) is 23.0. The van der Waals surface area contributed by atoms with Crippen molar-refractivity contribution < 1.29 is 0 Å². The molecule has 0 saturated heterocycles. The Labute approximate surface area is 213 Å². The van der Waals surface area contributed by atoms with Crippen molar-refractivity contribution in [3.05, 3.63) is 102 Å². The van der Waals surface area contributed by atoms with Crippen molar-refractivity contribution in [3.8, 4) is 33.5 Å². The van der Waals surface area contributed by atoms with E-state index in [0.717, 1.165) is 51.0 Å². The van der Waals surface area contributed by atoms with Crippen LogP contribution >= 0.6 is 23.7 Å². The lowest BCUT2D eigenvalue weighted by Gasteiger charge is -2.10. The molecule has 35 heavy (non-hydrogen) atoms. The van der Waals surface area contributed by atoms with Gasteiger partial charge in [-0.05, 0) is 67.2 Å². The van der Waals surface area contributed by atoms with Crippen molar-refractivity contribution in [1.29, 1.82) is 0 Å². The van der Waals surface area contributed by atoms with E-state index in [1.807, 2.05) is 30.9 Å². The lowest BCUT2D eigenvalue weighted by molar-refractivity contribution is 0.817. The van der Waals surface area contributed by atoms with Gasteiger partial charge < -0.3 is 9.88 Å². The monoisotopic (exact) mass is 498 g/mol. The van der Waals surface area contributed by atoms with E-state index >= 15 is 0 Å². The number of pyridine rings is 1. The molecule has 0 spiro atoms. The van der Waals surface area contributed by atoms with Crippen molar-refractivity contribution >= 4 is 34.8 Å². The summed E-state index contributed by atoms with van der Waals surface area (Å²) in [6, 6.07) is 23.1. The van der Waals surface area contributed by atoms with E-state index in [1.165, 1.54) is 5.56 Å². The molecule has 1 N–H and O–H groups in total. The number of aromatic nitrogens is 5. The van der Waals surface area contributed by atoms with E-state index in [2.05, 4.69) is 97.5 Å². The number of rotatable bonds is 6. The van der Waals surface area contributed by atoms with E-state index in [1.54, 1.807) is 11.3 Å². The molecule has 6 rings (SSSR count). The highest BCUT2D eigenvalue weighted by molar-refractivity contribution is 7.13. The lowest BCUT2D eigenvalue weighted by Crippen LogP contribution is -2.05. The second kappa shape index (κ2) is 9.84. The highest BCUT2D eigenvalue weighted by Crippen LogP contribution is 2.30. The molecule has 4 heterocycles. The average Bonchev–Trinajstić information content (AvgIpc) is 3.64. The van der Waals surface area contributed by atoms with E-state index in [-0.39, 0.29) is 12.4 Å². The molecule has 8 heteroatoms. The van der Waals surface area contributed by atoms with Gasteiger partial charge in [-0.25, -0.2) is 15.0 Å². The smallest absolute Gasteiger partial charge is 0.145 e. The molecular weight excluding hydrogens is 476 g/mol. The molecule has 0 radical (unpaired) electrons. The summed E-state index contributed by atoms with van der Waals surface area (Å²) >= 11 is 1.59. The SMILES string of the molecule is CNCc1ccc(-n2cc(-c3nccs3)nc2-c2ccc(-n3ccc4cccnc43)cc2)cc1.Cl. The maximum Gasteiger partial charge on any atom is 0.145 e. The van der Waals surface area contributed by atoms with Crippen LogP contribution in [0.2, 0.25) is 0 Å². The number of imidazole rings is 1. The van der Waals surface area contributed by atoms with Crippen LogP contribution < -0.4 is 5.32 Å². The maximum absolute atomic E-state index is 4.98. The zero-order chi connectivity index (χ0) is 22.9. The summed E-state index contributed by atoms with van der Waals surface area (Å²) in [5.41, 5.74) is 6.22. The minimum absolute atomic E-state index is 0. The molecule has 0 aliphatic rings. The van der Waals surface area contributed by atoms with Gasteiger partial charge in [0.2, 0.25) is 0 Å². The van der Waals surface area contributed by atoms with E-state index in [9.17, 15) is 0 Å². The van der Waals surface area contributed by atoms with Crippen molar-refractivity contribution in [2.75, 3.05) is 7.05 Å². The van der Waals surface area contributed by atoms with Gasteiger partial charge in [-0.2, -0.15) is 0 Å². The maximum atomic E-state index is 4.98. The molecule has 0 aliphatic carbocycles. The van der Waals surface area contributed by atoms with E-state index < -0.39 is 0 Å². The Balaban J connectivity index is 0.00000253. The van der Waals surface area contributed by atoms with Crippen LogP contribution in [0.15, 0.2) is 96.9 Å². The highest BCUT2D eigenvalue weighted by Gasteiger charge is 2.15. The van der Waals surface area contributed by atoms with Gasteiger partial charge in [0.1, 0.15) is 22.2 Å². The number of benzene rings is 2. The van der Waals surface area contributed by atoms with Crippen molar-refractivity contribution in [1.82, 2.24) is 29.4 Å². The summed E-state index contributed by atoms with van der Waals surface area (Å²) in [6.45, 7) is 0.839. The van der Waals surface area contributed by atoms with Crippen LogP contribution in [0, 0.1) is 0 Å². The molecule has 174 valence electrons. The van der Waals surface area contributed by atoms with Crippen LogP contribution in [-0.2, 0) is 6.54 Å². The van der Waals surface area contributed by atoms with Crippen LogP contribution in [-0.4, -0.2) is 31.1 Å². The summed E-state index contributed by atoms with van der Waals surface area (Å²) in [6.07, 6.45) is 7.76. The average molecular weight is 499 g/mol. The number of nitrogens with zero attached hydrogens (tertiary/aromatic N) is 5. The van der Waals surface area contributed by atoms with Crippen LogP contribution in [0.1, 0.15) is 5.56 Å². The Kier molecular flexibility index (Phi) is 6.46. The third kappa shape index (κ3) is 4.37. The number of hydrogen-bond acceptors (Lipinski definition) is 5. The summed E-state index contributed by atoms with van der Waals surface area (Å²) in [4.78, 5) is 14.0. The minimum atomic E-state index is 0. The van der Waals surface area contributed by atoms with Crippen LogP contribution in [0.25, 0.3) is 44.5 Å². The molecular formula is C27H23ClN6S. The normalized spacial score (nSPS) is 11.0. The molecule has 0 saturated carbocycles. The fourth-order valence-corrected chi connectivity index (χ4v) is 4.75. The second-order valence-corrected chi connectivity index (χ2v) is 8.90. The largest absolute Gasteiger partial charge is 0.316 e. The van der Waals surface area contributed by atoms with Crippen LogP contribution in [0.4, 0.5) is 0 Å². The summed E-state index contributed by atoms with van der Waals surface area (Å²) in [7, 11) is 1.96. The third-order valence-corrected chi connectivity index (χ3v) is 6.60. The predicted octanol–water partition coefficient (Wildman–Crippen LogP) is 6.14. The van der Waals surface area contributed by atoms with Crippen LogP contribution in [0.3, 0.4) is 0 Å². The van der Waals surface area contributed by atoms with Crippen molar-refractivity contribution in [3.63, 3.8) is 0 Å². The van der Waals surface area contributed by atoms with Gasteiger partial charge in [0.05, 0.1) is 0 Å². The molecule has 0 atom stereocenters. The van der Waals surface area contributed by atoms with Gasteiger partial charge in [-0.15, -0.1) is 23.7 Å². The Hall–Kier alpha value is -3.78. The molecule has 0 amide bonds. The Morgan fingerprint density at radius 1 is 0.857 bits per heavy atom. The number of fused-ring (bicyclic) bond motifs is 1. The zero-order valence-electron chi connectivity index (χ0n) is 19.0. The first-order valence-electron chi connectivity index (χ1n) is 11.1. The summed E-state index contributed by atoms with van der Waals surface area (Å²) in [5.74, 6) is 0.883. The lowest BCUT2D eigenvalue weighted by atomic mass is 10.1. The number of hydrogen-bond donors (Lipinski definition) is 1. The van der Waals surface area contributed by atoms with Gasteiger partial charge >= 0.3 is 0 Å². The Bertz CT molecular complexity index is 1550. The fourth-order valence-electron chi connectivity index (χ4n) is 4.16. The minimum Gasteiger partial charge on any atom is -0.316 e. The highest BCUT2D eigenvalue weighted by atomic mass is 35.5. The van der Waals surface area contributed by atoms with E-state index in [4.69, 9.17) is 4.98 Å². The van der Waals surface area contributed by atoms with Crippen molar-refractivity contribution in [2.24, 2.45) is 0 Å². The molecule has 6 aromatic rings. The second-order valence-electron chi connectivity index (χ2n) is 8.00. The fraction of sp³-hybridized carbons (Fsp3) is 0.0741. The zero-order valence-corrected chi connectivity index (χ0v) is 20.6. The third-order valence-electron chi connectivity index (χ3n) is 5.80. The number of thiazole rings is 1. The van der Waals surface area contributed by atoms with Gasteiger partial charge in [-0.1, -0.05) is 12.1 Å². The quantitative estimate of drug-likeness (QED) is 0.299. The first-order chi connectivity index (χ1) is 16.8.